The number of carbonyl (C=O) groups excluding carboxylic acids is 2. The van der Waals surface area contributed by atoms with Crippen molar-refractivity contribution in [2.24, 2.45) is 11.8 Å². The van der Waals surface area contributed by atoms with Crippen LogP contribution < -0.4 is 0 Å². The first kappa shape index (κ1) is 14.1. The van der Waals surface area contributed by atoms with Crippen molar-refractivity contribution in [2.75, 3.05) is 0 Å². The van der Waals surface area contributed by atoms with Crippen LogP contribution in [0.15, 0.2) is 12.2 Å². The third-order valence-electron chi connectivity index (χ3n) is 3.38. The van der Waals surface area contributed by atoms with Crippen molar-refractivity contribution < 1.29 is 9.59 Å². The summed E-state index contributed by atoms with van der Waals surface area (Å²) in [6.07, 6.45) is 10.7. The van der Waals surface area contributed by atoms with Gasteiger partial charge in [0.15, 0.2) is 5.78 Å². The van der Waals surface area contributed by atoms with E-state index in [-0.39, 0.29) is 5.78 Å². The molecular weight excluding hydrogens is 212 g/mol. The highest BCUT2D eigenvalue weighted by atomic mass is 16.1. The second-order valence-corrected chi connectivity index (χ2v) is 5.43. The maximum absolute atomic E-state index is 11.2. The standard InChI is InChI=1S/C10H18O.C5H6O/c1-8(2)6-7-9-4-3-5-10(9)11;6-5-3-1-2-4-5/h8-9H,3-7H2,1-2H3;1,3H,2,4H2. The molecule has 2 nitrogen and oxygen atoms in total. The van der Waals surface area contributed by atoms with Crippen LogP contribution in [0.25, 0.3) is 0 Å². The predicted molar refractivity (Wildman–Crippen MR) is 69.8 cm³/mol. The first-order valence-electron chi connectivity index (χ1n) is 6.81. The Morgan fingerprint density at radius 3 is 2.41 bits per heavy atom. The molecule has 0 aromatic rings. The number of Topliss-reactive ketones (excluding diaryl/α,β-unsaturated/α-hetero) is 1. The topological polar surface area (TPSA) is 34.1 Å². The van der Waals surface area contributed by atoms with Gasteiger partial charge in [-0.15, -0.1) is 0 Å². The minimum Gasteiger partial charge on any atom is -0.299 e. The van der Waals surface area contributed by atoms with Crippen LogP contribution in [0.4, 0.5) is 0 Å². The molecule has 2 aliphatic carbocycles. The van der Waals surface area contributed by atoms with Crippen molar-refractivity contribution in [1.82, 2.24) is 0 Å². The van der Waals surface area contributed by atoms with Crippen LogP contribution in [-0.4, -0.2) is 11.6 Å². The summed E-state index contributed by atoms with van der Waals surface area (Å²) in [4.78, 5) is 21.3. The van der Waals surface area contributed by atoms with E-state index in [0.29, 0.717) is 11.7 Å². The fraction of sp³-hybridized carbons (Fsp3) is 0.733. The van der Waals surface area contributed by atoms with E-state index in [2.05, 4.69) is 13.8 Å². The van der Waals surface area contributed by atoms with Gasteiger partial charge in [-0.1, -0.05) is 26.3 Å². The average Bonchev–Trinajstić information content (AvgIpc) is 2.88. The molecule has 0 aromatic carbocycles. The molecule has 0 aliphatic heterocycles. The van der Waals surface area contributed by atoms with Gasteiger partial charge in [0.05, 0.1) is 0 Å². The molecule has 2 rings (SSSR count). The van der Waals surface area contributed by atoms with E-state index in [4.69, 9.17) is 0 Å². The molecule has 1 fully saturated rings. The molecule has 1 saturated carbocycles. The predicted octanol–water partition coefficient (Wildman–Crippen LogP) is 3.70. The minimum atomic E-state index is 0.273. The molecule has 0 radical (unpaired) electrons. The van der Waals surface area contributed by atoms with Gasteiger partial charge in [-0.2, -0.15) is 0 Å². The molecule has 96 valence electrons. The molecule has 0 aromatic heterocycles. The molecule has 17 heavy (non-hydrogen) atoms. The Labute approximate surface area is 104 Å². The SMILES string of the molecule is CC(C)CCC1CCCC1=O.O=C1C=CCC1. The smallest absolute Gasteiger partial charge is 0.155 e. The van der Waals surface area contributed by atoms with Crippen molar-refractivity contribution in [2.45, 2.75) is 58.8 Å². The molecule has 2 heteroatoms. The van der Waals surface area contributed by atoms with Crippen molar-refractivity contribution in [3.05, 3.63) is 12.2 Å². The van der Waals surface area contributed by atoms with Crippen molar-refractivity contribution in [3.63, 3.8) is 0 Å². The lowest BCUT2D eigenvalue weighted by Gasteiger charge is -2.08. The zero-order chi connectivity index (χ0) is 12.7. The lowest BCUT2D eigenvalue weighted by Crippen LogP contribution is -2.06. The van der Waals surface area contributed by atoms with Crippen LogP contribution in [0, 0.1) is 11.8 Å². The third kappa shape index (κ3) is 5.81. The molecular formula is C15H24O2. The minimum absolute atomic E-state index is 0.273. The highest BCUT2D eigenvalue weighted by Crippen LogP contribution is 2.26. The summed E-state index contributed by atoms with van der Waals surface area (Å²) in [5, 5.41) is 0. The van der Waals surface area contributed by atoms with E-state index in [9.17, 15) is 9.59 Å². The lowest BCUT2D eigenvalue weighted by molar-refractivity contribution is -0.120. The van der Waals surface area contributed by atoms with Gasteiger partial charge in [0.25, 0.3) is 0 Å². The average molecular weight is 236 g/mol. The van der Waals surface area contributed by atoms with Gasteiger partial charge in [-0.25, -0.2) is 0 Å². The summed E-state index contributed by atoms with van der Waals surface area (Å²) < 4.78 is 0. The molecule has 0 amide bonds. The number of allylic oxidation sites excluding steroid dienone is 2. The monoisotopic (exact) mass is 236 g/mol. The van der Waals surface area contributed by atoms with Gasteiger partial charge in [0.2, 0.25) is 0 Å². The van der Waals surface area contributed by atoms with Crippen molar-refractivity contribution in [1.29, 1.82) is 0 Å². The van der Waals surface area contributed by atoms with Crippen LogP contribution in [-0.2, 0) is 9.59 Å². The largest absolute Gasteiger partial charge is 0.299 e. The number of ketones is 2. The molecule has 1 atom stereocenters. The summed E-state index contributed by atoms with van der Waals surface area (Å²) in [5.74, 6) is 1.97. The first-order chi connectivity index (χ1) is 8.09. The maximum atomic E-state index is 11.2. The Balaban J connectivity index is 0.000000202. The van der Waals surface area contributed by atoms with E-state index in [1.54, 1.807) is 6.08 Å². The van der Waals surface area contributed by atoms with Crippen LogP contribution in [0.3, 0.4) is 0 Å². The Hall–Kier alpha value is -0.920. The molecule has 0 N–H and O–H groups in total. The van der Waals surface area contributed by atoms with E-state index in [1.807, 2.05) is 6.08 Å². The Bertz CT molecular complexity index is 289. The molecule has 2 aliphatic rings. The van der Waals surface area contributed by atoms with Crippen LogP contribution in [0.1, 0.15) is 58.8 Å². The van der Waals surface area contributed by atoms with Gasteiger partial charge in [0.1, 0.15) is 5.78 Å². The Morgan fingerprint density at radius 2 is 2.06 bits per heavy atom. The Morgan fingerprint density at radius 1 is 1.29 bits per heavy atom. The Kier molecular flexibility index (Phi) is 6.17. The van der Waals surface area contributed by atoms with Crippen molar-refractivity contribution >= 4 is 11.6 Å². The van der Waals surface area contributed by atoms with Crippen LogP contribution in [0.2, 0.25) is 0 Å². The van der Waals surface area contributed by atoms with Crippen LogP contribution in [0.5, 0.6) is 0 Å². The zero-order valence-corrected chi connectivity index (χ0v) is 11.1. The first-order valence-corrected chi connectivity index (χ1v) is 6.81. The fourth-order valence-corrected chi connectivity index (χ4v) is 2.25. The van der Waals surface area contributed by atoms with E-state index >= 15 is 0 Å². The summed E-state index contributed by atoms with van der Waals surface area (Å²) in [6.45, 7) is 4.44. The molecule has 0 saturated heterocycles. The highest BCUT2D eigenvalue weighted by Gasteiger charge is 2.23. The number of carbonyl (C=O) groups is 2. The summed E-state index contributed by atoms with van der Waals surface area (Å²) in [7, 11) is 0. The summed E-state index contributed by atoms with van der Waals surface area (Å²) in [5.41, 5.74) is 0. The molecule has 0 heterocycles. The third-order valence-corrected chi connectivity index (χ3v) is 3.38. The van der Waals surface area contributed by atoms with E-state index in [0.717, 1.165) is 44.4 Å². The highest BCUT2D eigenvalue weighted by molar-refractivity contribution is 5.91. The number of rotatable bonds is 3. The zero-order valence-electron chi connectivity index (χ0n) is 11.1. The van der Waals surface area contributed by atoms with E-state index < -0.39 is 0 Å². The van der Waals surface area contributed by atoms with Gasteiger partial charge in [-0.05, 0) is 37.7 Å². The van der Waals surface area contributed by atoms with Crippen LogP contribution >= 0.6 is 0 Å². The lowest BCUT2D eigenvalue weighted by atomic mass is 9.96. The fourth-order valence-electron chi connectivity index (χ4n) is 2.25. The van der Waals surface area contributed by atoms with Crippen molar-refractivity contribution in [3.8, 4) is 0 Å². The summed E-state index contributed by atoms with van der Waals surface area (Å²) >= 11 is 0. The second kappa shape index (κ2) is 7.41. The number of hydrogen-bond donors (Lipinski definition) is 0. The van der Waals surface area contributed by atoms with Gasteiger partial charge in [-0.3, -0.25) is 9.59 Å². The summed E-state index contributed by atoms with van der Waals surface area (Å²) in [6, 6.07) is 0. The van der Waals surface area contributed by atoms with Gasteiger partial charge in [0, 0.05) is 18.8 Å². The molecule has 1 unspecified atom stereocenters. The van der Waals surface area contributed by atoms with E-state index in [1.165, 1.54) is 6.42 Å². The number of hydrogen-bond acceptors (Lipinski definition) is 2. The second-order valence-electron chi connectivity index (χ2n) is 5.43. The van der Waals surface area contributed by atoms with Gasteiger partial charge >= 0.3 is 0 Å². The van der Waals surface area contributed by atoms with Gasteiger partial charge < -0.3 is 0 Å². The maximum Gasteiger partial charge on any atom is 0.155 e. The molecule has 0 spiro atoms. The molecule has 0 bridgehead atoms. The quantitative estimate of drug-likeness (QED) is 0.748. The normalized spacial score (nSPS) is 23.1.